The van der Waals surface area contributed by atoms with E-state index in [4.69, 9.17) is 4.74 Å². The maximum atomic E-state index is 12.4. The number of carbonyl (C=O) groups excluding carboxylic acids is 1. The zero-order chi connectivity index (χ0) is 14.7. The normalized spacial score (nSPS) is 17.7. The maximum absolute atomic E-state index is 12.4. The third kappa shape index (κ3) is 3.14. The SMILES string of the molecule is Cc1cc(Oc2ccccc2)ccc1C(=O)C1CCCN1. The van der Waals surface area contributed by atoms with Crippen LogP contribution in [0, 0.1) is 6.92 Å². The van der Waals surface area contributed by atoms with Crippen molar-refractivity contribution in [3.8, 4) is 11.5 Å². The number of ether oxygens (including phenoxy) is 1. The Hall–Kier alpha value is -2.13. The Morgan fingerprint density at radius 3 is 2.62 bits per heavy atom. The molecule has 21 heavy (non-hydrogen) atoms. The highest BCUT2D eigenvalue weighted by Gasteiger charge is 2.24. The van der Waals surface area contributed by atoms with Crippen LogP contribution < -0.4 is 10.1 Å². The summed E-state index contributed by atoms with van der Waals surface area (Å²) in [4.78, 5) is 12.4. The summed E-state index contributed by atoms with van der Waals surface area (Å²) in [6.07, 6.45) is 2.01. The van der Waals surface area contributed by atoms with Gasteiger partial charge in [-0.25, -0.2) is 0 Å². The molecule has 0 radical (unpaired) electrons. The maximum Gasteiger partial charge on any atom is 0.179 e. The van der Waals surface area contributed by atoms with Crippen LogP contribution in [-0.4, -0.2) is 18.4 Å². The van der Waals surface area contributed by atoms with Crippen molar-refractivity contribution in [1.29, 1.82) is 0 Å². The van der Waals surface area contributed by atoms with Crippen molar-refractivity contribution in [1.82, 2.24) is 5.32 Å². The molecule has 0 aromatic heterocycles. The van der Waals surface area contributed by atoms with Crippen molar-refractivity contribution in [2.45, 2.75) is 25.8 Å². The van der Waals surface area contributed by atoms with Gasteiger partial charge in [0.25, 0.3) is 0 Å². The summed E-state index contributed by atoms with van der Waals surface area (Å²) in [5.41, 5.74) is 1.75. The molecule has 0 bridgehead atoms. The average Bonchev–Trinajstić information content (AvgIpc) is 3.02. The lowest BCUT2D eigenvalue weighted by Crippen LogP contribution is -2.31. The molecule has 0 amide bonds. The van der Waals surface area contributed by atoms with Gasteiger partial charge in [-0.2, -0.15) is 0 Å². The van der Waals surface area contributed by atoms with E-state index in [-0.39, 0.29) is 11.8 Å². The third-order valence-corrected chi connectivity index (χ3v) is 3.82. The van der Waals surface area contributed by atoms with E-state index in [9.17, 15) is 4.79 Å². The number of benzene rings is 2. The third-order valence-electron chi connectivity index (χ3n) is 3.82. The molecule has 3 rings (SSSR count). The minimum absolute atomic E-state index is 0.0235. The lowest BCUT2D eigenvalue weighted by atomic mass is 9.98. The van der Waals surface area contributed by atoms with Gasteiger partial charge in [0.2, 0.25) is 0 Å². The minimum atomic E-state index is -0.0235. The second-order valence-corrected chi connectivity index (χ2v) is 5.41. The van der Waals surface area contributed by atoms with Crippen molar-refractivity contribution >= 4 is 5.78 Å². The zero-order valence-electron chi connectivity index (χ0n) is 12.1. The van der Waals surface area contributed by atoms with Crippen LogP contribution in [-0.2, 0) is 0 Å². The van der Waals surface area contributed by atoms with Gasteiger partial charge in [-0.1, -0.05) is 18.2 Å². The number of nitrogens with one attached hydrogen (secondary N) is 1. The van der Waals surface area contributed by atoms with Gasteiger partial charge in [-0.3, -0.25) is 4.79 Å². The van der Waals surface area contributed by atoms with Gasteiger partial charge in [0.05, 0.1) is 6.04 Å². The van der Waals surface area contributed by atoms with Gasteiger partial charge < -0.3 is 10.1 Å². The van der Waals surface area contributed by atoms with Crippen LogP contribution in [0.5, 0.6) is 11.5 Å². The molecule has 2 aromatic carbocycles. The van der Waals surface area contributed by atoms with E-state index in [1.807, 2.05) is 55.5 Å². The Morgan fingerprint density at radius 2 is 1.95 bits per heavy atom. The molecule has 1 atom stereocenters. The zero-order valence-corrected chi connectivity index (χ0v) is 12.1. The quantitative estimate of drug-likeness (QED) is 0.868. The van der Waals surface area contributed by atoms with Gasteiger partial charge >= 0.3 is 0 Å². The molecular formula is C18H19NO2. The molecule has 1 unspecified atom stereocenters. The smallest absolute Gasteiger partial charge is 0.179 e. The van der Waals surface area contributed by atoms with E-state index >= 15 is 0 Å². The van der Waals surface area contributed by atoms with Crippen LogP contribution in [0.3, 0.4) is 0 Å². The number of hydrogen-bond acceptors (Lipinski definition) is 3. The number of hydrogen-bond donors (Lipinski definition) is 1. The Balaban J connectivity index is 1.78. The highest BCUT2D eigenvalue weighted by molar-refractivity contribution is 6.01. The van der Waals surface area contributed by atoms with Gasteiger partial charge in [0.1, 0.15) is 11.5 Å². The molecule has 0 aliphatic carbocycles. The van der Waals surface area contributed by atoms with E-state index in [2.05, 4.69) is 5.32 Å². The molecule has 1 heterocycles. The fourth-order valence-corrected chi connectivity index (χ4v) is 2.70. The van der Waals surface area contributed by atoms with Crippen molar-refractivity contribution in [3.63, 3.8) is 0 Å². The van der Waals surface area contributed by atoms with Crippen LogP contribution in [0.15, 0.2) is 48.5 Å². The van der Waals surface area contributed by atoms with Crippen LogP contribution in [0.4, 0.5) is 0 Å². The molecule has 1 aliphatic heterocycles. The number of carbonyl (C=O) groups is 1. The van der Waals surface area contributed by atoms with Crippen LogP contribution in [0.25, 0.3) is 0 Å². The molecule has 1 saturated heterocycles. The van der Waals surface area contributed by atoms with E-state index in [0.717, 1.165) is 42.0 Å². The topological polar surface area (TPSA) is 38.3 Å². The first-order chi connectivity index (χ1) is 10.2. The monoisotopic (exact) mass is 281 g/mol. The van der Waals surface area contributed by atoms with Crippen molar-refractivity contribution in [3.05, 3.63) is 59.7 Å². The second-order valence-electron chi connectivity index (χ2n) is 5.41. The van der Waals surface area contributed by atoms with Crippen LogP contribution >= 0.6 is 0 Å². The predicted octanol–water partition coefficient (Wildman–Crippen LogP) is 3.72. The van der Waals surface area contributed by atoms with Gasteiger partial charge in [0, 0.05) is 5.56 Å². The molecule has 2 aromatic rings. The first-order valence-electron chi connectivity index (χ1n) is 7.35. The first-order valence-corrected chi connectivity index (χ1v) is 7.35. The van der Waals surface area contributed by atoms with Crippen molar-refractivity contribution in [2.75, 3.05) is 6.54 Å². The fourth-order valence-electron chi connectivity index (χ4n) is 2.70. The van der Waals surface area contributed by atoms with Crippen LogP contribution in [0.2, 0.25) is 0 Å². The van der Waals surface area contributed by atoms with E-state index < -0.39 is 0 Å². The minimum Gasteiger partial charge on any atom is -0.457 e. The molecular weight excluding hydrogens is 262 g/mol. The first kappa shape index (κ1) is 13.8. The lowest BCUT2D eigenvalue weighted by molar-refractivity contribution is 0.0951. The summed E-state index contributed by atoms with van der Waals surface area (Å²) in [5, 5.41) is 3.26. The number of Topliss-reactive ketones (excluding diaryl/α,β-unsaturated/α-hetero) is 1. The molecule has 108 valence electrons. The summed E-state index contributed by atoms with van der Waals surface area (Å²) in [6, 6.07) is 15.3. The summed E-state index contributed by atoms with van der Waals surface area (Å²) in [5.74, 6) is 1.75. The highest BCUT2D eigenvalue weighted by Crippen LogP contribution is 2.25. The fraction of sp³-hybridized carbons (Fsp3) is 0.278. The van der Waals surface area contributed by atoms with E-state index in [0.29, 0.717) is 0 Å². The number of aryl methyl sites for hydroxylation is 1. The van der Waals surface area contributed by atoms with Crippen molar-refractivity contribution < 1.29 is 9.53 Å². The van der Waals surface area contributed by atoms with E-state index in [1.165, 1.54) is 0 Å². The lowest BCUT2D eigenvalue weighted by Gasteiger charge is -2.13. The Bertz CT molecular complexity index is 631. The van der Waals surface area contributed by atoms with Gasteiger partial charge in [-0.05, 0) is 62.2 Å². The van der Waals surface area contributed by atoms with Crippen LogP contribution in [0.1, 0.15) is 28.8 Å². The standard InChI is InChI=1S/C18H19NO2/c1-13-12-15(21-14-6-3-2-4-7-14)9-10-16(13)18(20)17-8-5-11-19-17/h2-4,6-7,9-10,12,17,19H,5,8,11H2,1H3. The largest absolute Gasteiger partial charge is 0.457 e. The molecule has 1 aliphatic rings. The second kappa shape index (κ2) is 6.10. The molecule has 0 spiro atoms. The predicted molar refractivity (Wildman–Crippen MR) is 83.1 cm³/mol. The van der Waals surface area contributed by atoms with Gasteiger partial charge in [0.15, 0.2) is 5.78 Å². The molecule has 1 fully saturated rings. The van der Waals surface area contributed by atoms with Gasteiger partial charge in [-0.15, -0.1) is 0 Å². The van der Waals surface area contributed by atoms with Crippen molar-refractivity contribution in [2.24, 2.45) is 0 Å². The molecule has 1 N–H and O–H groups in total. The molecule has 3 nitrogen and oxygen atoms in total. The Labute approximate surface area is 124 Å². The Morgan fingerprint density at radius 1 is 1.14 bits per heavy atom. The molecule has 0 saturated carbocycles. The number of ketones is 1. The summed E-state index contributed by atoms with van der Waals surface area (Å²) in [6.45, 7) is 2.89. The molecule has 3 heteroatoms. The average molecular weight is 281 g/mol. The summed E-state index contributed by atoms with van der Waals surface area (Å²) < 4.78 is 5.79. The summed E-state index contributed by atoms with van der Waals surface area (Å²) in [7, 11) is 0. The van der Waals surface area contributed by atoms with E-state index in [1.54, 1.807) is 0 Å². The highest BCUT2D eigenvalue weighted by atomic mass is 16.5. The summed E-state index contributed by atoms with van der Waals surface area (Å²) >= 11 is 0. The number of para-hydroxylation sites is 1. The Kier molecular flexibility index (Phi) is 4.02. The number of rotatable bonds is 4.